The van der Waals surface area contributed by atoms with E-state index in [0.29, 0.717) is 5.52 Å². The maximum Gasteiger partial charge on any atom is 0.160 e. The van der Waals surface area contributed by atoms with Crippen LogP contribution in [0.25, 0.3) is 10.2 Å². The van der Waals surface area contributed by atoms with Crippen molar-refractivity contribution in [3.63, 3.8) is 0 Å². The summed E-state index contributed by atoms with van der Waals surface area (Å²) >= 11 is 4.63. The molecule has 11 heavy (non-hydrogen) atoms. The molecule has 0 aliphatic heterocycles. The van der Waals surface area contributed by atoms with Crippen molar-refractivity contribution >= 4 is 37.5 Å². The average Bonchev–Trinajstić information content (AvgIpc) is 2.31. The van der Waals surface area contributed by atoms with Crippen LogP contribution in [0.3, 0.4) is 0 Å². The summed E-state index contributed by atoms with van der Waals surface area (Å²) in [6.45, 7) is 0. The highest BCUT2D eigenvalue weighted by atomic mass is 79.9. The average molecular weight is 232 g/mol. The number of hydrogen-bond donors (Lipinski definition) is 0. The molecule has 0 fully saturated rings. The molecule has 1 aromatic heterocycles. The Morgan fingerprint density at radius 1 is 1.45 bits per heavy atom. The fraction of sp³-hybridized carbons (Fsp3) is 0. The van der Waals surface area contributed by atoms with E-state index in [1.165, 1.54) is 17.4 Å². The van der Waals surface area contributed by atoms with E-state index in [1.54, 1.807) is 6.07 Å². The van der Waals surface area contributed by atoms with Gasteiger partial charge in [-0.15, -0.1) is 11.3 Å². The summed E-state index contributed by atoms with van der Waals surface area (Å²) in [6.07, 6.45) is 0. The van der Waals surface area contributed by atoms with Crippen molar-refractivity contribution in [2.45, 2.75) is 0 Å². The molecule has 0 saturated heterocycles. The Kier molecular flexibility index (Phi) is 1.65. The van der Waals surface area contributed by atoms with Gasteiger partial charge in [0.05, 0.1) is 4.70 Å². The van der Waals surface area contributed by atoms with Gasteiger partial charge in [0.25, 0.3) is 0 Å². The monoisotopic (exact) mass is 231 g/mol. The smallest absolute Gasteiger partial charge is 0.160 e. The number of aromatic nitrogens is 1. The molecule has 0 N–H and O–H groups in total. The zero-order valence-corrected chi connectivity index (χ0v) is 7.75. The summed E-state index contributed by atoms with van der Waals surface area (Å²) in [6, 6.07) is 4.94. The van der Waals surface area contributed by atoms with Crippen LogP contribution >= 0.6 is 27.3 Å². The number of benzene rings is 1. The highest BCUT2D eigenvalue weighted by molar-refractivity contribution is 9.11. The molecular weight excluding hydrogens is 229 g/mol. The number of nitrogens with zero attached hydrogens (tertiary/aromatic N) is 1. The zero-order chi connectivity index (χ0) is 7.84. The molecule has 0 bridgehead atoms. The van der Waals surface area contributed by atoms with Gasteiger partial charge in [0.15, 0.2) is 3.92 Å². The predicted molar refractivity (Wildman–Crippen MR) is 47.3 cm³/mol. The number of rotatable bonds is 0. The molecule has 0 amide bonds. The van der Waals surface area contributed by atoms with Crippen LogP contribution in [0.1, 0.15) is 0 Å². The van der Waals surface area contributed by atoms with Crippen LogP contribution in [-0.2, 0) is 0 Å². The molecule has 4 heteroatoms. The van der Waals surface area contributed by atoms with Crippen LogP contribution in [0.5, 0.6) is 0 Å². The molecule has 0 aliphatic carbocycles. The number of thiazole rings is 1. The topological polar surface area (TPSA) is 12.9 Å². The minimum Gasteiger partial charge on any atom is -0.226 e. The summed E-state index contributed by atoms with van der Waals surface area (Å²) in [5, 5.41) is 0. The van der Waals surface area contributed by atoms with E-state index in [9.17, 15) is 4.39 Å². The Hall–Kier alpha value is -0.480. The first-order chi connectivity index (χ1) is 5.27. The third-order valence-electron chi connectivity index (χ3n) is 1.34. The first-order valence-electron chi connectivity index (χ1n) is 2.98. The summed E-state index contributed by atoms with van der Waals surface area (Å²) in [5.74, 6) is -0.260. The molecule has 0 unspecified atom stereocenters. The Morgan fingerprint density at radius 3 is 3.00 bits per heavy atom. The SMILES string of the molecule is Fc1cccc2sc(Br)nc12. The van der Waals surface area contributed by atoms with Gasteiger partial charge >= 0.3 is 0 Å². The van der Waals surface area contributed by atoms with Gasteiger partial charge in [-0.3, -0.25) is 0 Å². The Morgan fingerprint density at radius 2 is 2.27 bits per heavy atom. The molecule has 2 rings (SSSR count). The number of halogens is 2. The minimum atomic E-state index is -0.260. The van der Waals surface area contributed by atoms with Crippen LogP contribution in [-0.4, -0.2) is 4.98 Å². The Balaban J connectivity index is 2.90. The summed E-state index contributed by atoms with van der Waals surface area (Å²) in [7, 11) is 0. The lowest BCUT2D eigenvalue weighted by Crippen LogP contribution is -1.74. The van der Waals surface area contributed by atoms with Crippen molar-refractivity contribution < 1.29 is 4.39 Å². The summed E-state index contributed by atoms with van der Waals surface area (Å²) in [5.41, 5.74) is 0.448. The van der Waals surface area contributed by atoms with E-state index in [4.69, 9.17) is 0 Å². The molecule has 1 nitrogen and oxygen atoms in total. The van der Waals surface area contributed by atoms with E-state index in [-0.39, 0.29) is 5.82 Å². The fourth-order valence-electron chi connectivity index (χ4n) is 0.888. The van der Waals surface area contributed by atoms with Gasteiger partial charge in [-0.2, -0.15) is 0 Å². The molecule has 2 aromatic rings. The van der Waals surface area contributed by atoms with Crippen LogP contribution in [0.15, 0.2) is 22.1 Å². The van der Waals surface area contributed by atoms with Gasteiger partial charge < -0.3 is 0 Å². The first kappa shape index (κ1) is 7.18. The van der Waals surface area contributed by atoms with Crippen LogP contribution in [0, 0.1) is 5.82 Å². The predicted octanol–water partition coefficient (Wildman–Crippen LogP) is 3.20. The summed E-state index contributed by atoms with van der Waals surface area (Å²) < 4.78 is 14.5. The lowest BCUT2D eigenvalue weighted by atomic mass is 10.3. The third kappa shape index (κ3) is 1.16. The van der Waals surface area contributed by atoms with E-state index >= 15 is 0 Å². The molecule has 0 radical (unpaired) electrons. The van der Waals surface area contributed by atoms with E-state index in [1.807, 2.05) is 6.07 Å². The van der Waals surface area contributed by atoms with Gasteiger partial charge in [-0.1, -0.05) is 6.07 Å². The second kappa shape index (κ2) is 2.53. The number of fused-ring (bicyclic) bond motifs is 1. The molecular formula is C7H3BrFNS. The molecule has 0 aliphatic rings. The van der Waals surface area contributed by atoms with Gasteiger partial charge in [-0.25, -0.2) is 9.37 Å². The Labute approximate surface area is 75.0 Å². The van der Waals surface area contributed by atoms with Crippen molar-refractivity contribution in [3.8, 4) is 0 Å². The van der Waals surface area contributed by atoms with Gasteiger partial charge in [0.1, 0.15) is 11.3 Å². The number of para-hydroxylation sites is 1. The quantitative estimate of drug-likeness (QED) is 0.679. The van der Waals surface area contributed by atoms with Crippen LogP contribution in [0.2, 0.25) is 0 Å². The molecule has 56 valence electrons. The van der Waals surface area contributed by atoms with Gasteiger partial charge in [-0.05, 0) is 28.1 Å². The standard InChI is InChI=1S/C7H3BrFNS/c8-7-10-6-4(9)2-1-3-5(6)11-7/h1-3H. The van der Waals surface area contributed by atoms with Crippen LogP contribution in [0.4, 0.5) is 4.39 Å². The van der Waals surface area contributed by atoms with E-state index in [0.717, 1.165) is 8.62 Å². The first-order valence-corrected chi connectivity index (χ1v) is 4.59. The van der Waals surface area contributed by atoms with Crippen molar-refractivity contribution in [2.24, 2.45) is 0 Å². The zero-order valence-electron chi connectivity index (χ0n) is 5.34. The van der Waals surface area contributed by atoms with Crippen molar-refractivity contribution in [2.75, 3.05) is 0 Å². The van der Waals surface area contributed by atoms with Crippen LogP contribution < -0.4 is 0 Å². The highest BCUT2D eigenvalue weighted by Gasteiger charge is 2.04. The fourth-order valence-corrected chi connectivity index (χ4v) is 2.29. The lowest BCUT2D eigenvalue weighted by Gasteiger charge is -1.86. The van der Waals surface area contributed by atoms with Gasteiger partial charge in [0.2, 0.25) is 0 Å². The van der Waals surface area contributed by atoms with Crippen molar-refractivity contribution in [1.82, 2.24) is 4.98 Å². The normalized spacial score (nSPS) is 10.7. The summed E-state index contributed by atoms with van der Waals surface area (Å²) in [4.78, 5) is 3.97. The Bertz CT molecular complexity index is 398. The maximum atomic E-state index is 12.9. The second-order valence-corrected chi connectivity index (χ2v) is 4.36. The molecule has 1 heterocycles. The molecule has 0 atom stereocenters. The largest absolute Gasteiger partial charge is 0.226 e. The third-order valence-corrected chi connectivity index (χ3v) is 2.82. The highest BCUT2D eigenvalue weighted by Crippen LogP contribution is 2.27. The molecule has 0 spiro atoms. The second-order valence-electron chi connectivity index (χ2n) is 2.05. The van der Waals surface area contributed by atoms with E-state index < -0.39 is 0 Å². The molecule has 0 saturated carbocycles. The van der Waals surface area contributed by atoms with Crippen molar-refractivity contribution in [1.29, 1.82) is 0 Å². The van der Waals surface area contributed by atoms with Crippen molar-refractivity contribution in [3.05, 3.63) is 27.9 Å². The lowest BCUT2D eigenvalue weighted by molar-refractivity contribution is 0.637. The van der Waals surface area contributed by atoms with E-state index in [2.05, 4.69) is 20.9 Å². The maximum absolute atomic E-state index is 12.9. The minimum absolute atomic E-state index is 0.260. The molecule has 1 aromatic carbocycles. The van der Waals surface area contributed by atoms with Gasteiger partial charge in [0, 0.05) is 0 Å². The number of hydrogen-bond acceptors (Lipinski definition) is 2.